The van der Waals surface area contributed by atoms with Crippen molar-refractivity contribution < 1.29 is 19.1 Å². The highest BCUT2D eigenvalue weighted by atomic mass is 16.5. The Kier molecular flexibility index (Phi) is 7.59. The predicted octanol–water partition coefficient (Wildman–Crippen LogP) is 5.05. The zero-order valence-electron chi connectivity index (χ0n) is 20.9. The normalized spacial score (nSPS) is 15.2. The number of carbonyl (C=O) groups excluding carboxylic acids is 2. The first-order valence-electron chi connectivity index (χ1n) is 11.9. The highest BCUT2D eigenvalue weighted by Gasteiger charge is 2.34. The predicted molar refractivity (Wildman–Crippen MR) is 141 cm³/mol. The van der Waals surface area contributed by atoms with Crippen LogP contribution in [0.5, 0.6) is 5.75 Å². The van der Waals surface area contributed by atoms with Crippen LogP contribution in [0.1, 0.15) is 36.6 Å². The first kappa shape index (κ1) is 24.9. The summed E-state index contributed by atoms with van der Waals surface area (Å²) in [5.41, 5.74) is 4.46. The monoisotopic (exact) mass is 485 g/mol. The summed E-state index contributed by atoms with van der Waals surface area (Å²) < 4.78 is 10.8. The van der Waals surface area contributed by atoms with Crippen LogP contribution < -0.4 is 20.3 Å². The number of rotatable bonds is 8. The molecule has 3 aromatic carbocycles. The Morgan fingerprint density at radius 3 is 2.25 bits per heavy atom. The fourth-order valence-corrected chi connectivity index (χ4v) is 4.17. The Bertz CT molecular complexity index is 1240. The molecule has 186 valence electrons. The molecule has 0 saturated carbocycles. The topological polar surface area (TPSA) is 79.9 Å². The largest absolute Gasteiger partial charge is 0.497 e. The van der Waals surface area contributed by atoms with Crippen molar-refractivity contribution in [2.24, 2.45) is 0 Å². The molecule has 0 spiro atoms. The van der Waals surface area contributed by atoms with Crippen LogP contribution in [0.4, 0.5) is 10.5 Å². The second-order valence-electron chi connectivity index (χ2n) is 8.94. The summed E-state index contributed by atoms with van der Waals surface area (Å²) in [6.07, 6.45) is -0.311. The number of urea groups is 1. The molecular weight excluding hydrogens is 454 g/mol. The molecular formula is C29H31N3O4. The van der Waals surface area contributed by atoms with Crippen molar-refractivity contribution in [1.82, 2.24) is 10.6 Å². The molecule has 7 nitrogen and oxygen atoms in total. The third kappa shape index (κ3) is 5.68. The quantitative estimate of drug-likeness (QED) is 0.437. The van der Waals surface area contributed by atoms with E-state index in [1.54, 1.807) is 45.2 Å². The van der Waals surface area contributed by atoms with Gasteiger partial charge in [-0.2, -0.15) is 0 Å². The number of hydrogen-bond donors (Lipinski definition) is 2. The lowest BCUT2D eigenvalue weighted by Gasteiger charge is -2.30. The van der Waals surface area contributed by atoms with E-state index in [9.17, 15) is 9.59 Å². The standard InChI is InChI=1S/C29H31N3O4/c1-19(2)36-28(33)25-26(30-29(34)31-27(25)22-12-16-24(35-4)17-13-22)21-10-14-23(15-11-21)32(3)18-20-8-6-5-7-9-20/h5-17,19,26H,18H2,1-4H3,(H2,30,31,34). The maximum atomic E-state index is 13.3. The Hall–Kier alpha value is -4.26. The highest BCUT2D eigenvalue weighted by molar-refractivity contribution is 6.04. The van der Waals surface area contributed by atoms with Crippen LogP contribution in [-0.2, 0) is 16.1 Å². The summed E-state index contributed by atoms with van der Waals surface area (Å²) in [6.45, 7) is 4.36. The second-order valence-corrected chi connectivity index (χ2v) is 8.94. The van der Waals surface area contributed by atoms with Gasteiger partial charge in [-0.3, -0.25) is 0 Å². The van der Waals surface area contributed by atoms with E-state index in [0.717, 1.165) is 17.8 Å². The zero-order chi connectivity index (χ0) is 25.7. The number of anilines is 1. The van der Waals surface area contributed by atoms with Gasteiger partial charge in [-0.05, 0) is 66.9 Å². The molecule has 0 saturated heterocycles. The summed E-state index contributed by atoms with van der Waals surface area (Å²) >= 11 is 0. The van der Waals surface area contributed by atoms with Crippen LogP contribution in [0.3, 0.4) is 0 Å². The van der Waals surface area contributed by atoms with Crippen LogP contribution in [-0.4, -0.2) is 32.3 Å². The average molecular weight is 486 g/mol. The molecule has 3 aromatic rings. The van der Waals surface area contributed by atoms with E-state index in [1.807, 2.05) is 49.5 Å². The van der Waals surface area contributed by atoms with Gasteiger partial charge in [0.1, 0.15) is 5.75 Å². The van der Waals surface area contributed by atoms with Crippen molar-refractivity contribution in [2.75, 3.05) is 19.1 Å². The van der Waals surface area contributed by atoms with Gasteiger partial charge in [-0.1, -0.05) is 42.5 Å². The minimum absolute atomic E-state index is 0.311. The minimum Gasteiger partial charge on any atom is -0.497 e. The van der Waals surface area contributed by atoms with Gasteiger partial charge in [0.05, 0.1) is 30.5 Å². The van der Waals surface area contributed by atoms with Gasteiger partial charge >= 0.3 is 12.0 Å². The highest BCUT2D eigenvalue weighted by Crippen LogP contribution is 2.33. The van der Waals surface area contributed by atoms with Crippen LogP contribution in [0.2, 0.25) is 0 Å². The van der Waals surface area contributed by atoms with Crippen molar-refractivity contribution >= 4 is 23.4 Å². The van der Waals surface area contributed by atoms with Gasteiger partial charge < -0.3 is 25.0 Å². The number of carbonyl (C=O) groups is 2. The molecule has 1 aliphatic rings. The van der Waals surface area contributed by atoms with Crippen molar-refractivity contribution in [3.8, 4) is 5.75 Å². The van der Waals surface area contributed by atoms with Gasteiger partial charge in [-0.25, -0.2) is 9.59 Å². The molecule has 0 aliphatic carbocycles. The Morgan fingerprint density at radius 1 is 0.972 bits per heavy atom. The number of nitrogens with one attached hydrogen (secondary N) is 2. The van der Waals surface area contributed by atoms with Gasteiger partial charge in [0.2, 0.25) is 0 Å². The van der Waals surface area contributed by atoms with Gasteiger partial charge in [0.15, 0.2) is 0 Å². The van der Waals surface area contributed by atoms with E-state index in [0.29, 0.717) is 22.6 Å². The Balaban J connectivity index is 1.69. The molecule has 4 rings (SSSR count). The summed E-state index contributed by atoms with van der Waals surface area (Å²) in [7, 11) is 3.62. The lowest BCUT2D eigenvalue weighted by molar-refractivity contribution is -0.143. The molecule has 1 aliphatic heterocycles. The van der Waals surface area contributed by atoms with Crippen molar-refractivity contribution in [1.29, 1.82) is 0 Å². The van der Waals surface area contributed by atoms with E-state index in [-0.39, 0.29) is 6.10 Å². The van der Waals surface area contributed by atoms with E-state index in [4.69, 9.17) is 9.47 Å². The average Bonchev–Trinajstić information content (AvgIpc) is 2.88. The van der Waals surface area contributed by atoms with Crippen LogP contribution in [0.15, 0.2) is 84.4 Å². The van der Waals surface area contributed by atoms with Crippen molar-refractivity contribution in [3.63, 3.8) is 0 Å². The first-order chi connectivity index (χ1) is 17.4. The molecule has 0 fully saturated rings. The van der Waals surface area contributed by atoms with Crippen LogP contribution in [0.25, 0.3) is 5.70 Å². The number of ether oxygens (including phenoxy) is 2. The zero-order valence-corrected chi connectivity index (χ0v) is 20.9. The molecule has 1 atom stereocenters. The summed E-state index contributed by atoms with van der Waals surface area (Å²) in [6, 6.07) is 24.2. The van der Waals surface area contributed by atoms with Crippen molar-refractivity contribution in [3.05, 3.63) is 101 Å². The number of methoxy groups -OCH3 is 1. The SMILES string of the molecule is COc1ccc(C2=C(C(=O)OC(C)C)C(c3ccc(N(C)Cc4ccccc4)cc3)NC(=O)N2)cc1. The van der Waals surface area contributed by atoms with Gasteiger partial charge in [0.25, 0.3) is 0 Å². The number of nitrogens with zero attached hydrogens (tertiary/aromatic N) is 1. The molecule has 0 aromatic heterocycles. The first-order valence-corrected chi connectivity index (χ1v) is 11.9. The fourth-order valence-electron chi connectivity index (χ4n) is 4.17. The Morgan fingerprint density at radius 2 is 1.64 bits per heavy atom. The summed E-state index contributed by atoms with van der Waals surface area (Å²) in [5.74, 6) is 0.191. The van der Waals surface area contributed by atoms with E-state index >= 15 is 0 Å². The van der Waals surface area contributed by atoms with Crippen molar-refractivity contribution in [2.45, 2.75) is 32.5 Å². The summed E-state index contributed by atoms with van der Waals surface area (Å²) in [4.78, 5) is 28.1. The molecule has 1 unspecified atom stereocenters. The lowest BCUT2D eigenvalue weighted by Crippen LogP contribution is -2.45. The van der Waals surface area contributed by atoms with Gasteiger partial charge in [0, 0.05) is 19.3 Å². The van der Waals surface area contributed by atoms with Gasteiger partial charge in [-0.15, -0.1) is 0 Å². The molecule has 1 heterocycles. The van der Waals surface area contributed by atoms with Crippen LogP contribution >= 0.6 is 0 Å². The summed E-state index contributed by atoms with van der Waals surface area (Å²) in [5, 5.41) is 5.71. The lowest BCUT2D eigenvalue weighted by atomic mass is 9.92. The second kappa shape index (κ2) is 11.0. The molecule has 7 heteroatoms. The third-order valence-corrected chi connectivity index (χ3v) is 5.94. The Labute approximate surface area is 211 Å². The van der Waals surface area contributed by atoms with E-state index in [2.05, 4.69) is 27.7 Å². The third-order valence-electron chi connectivity index (χ3n) is 5.94. The molecule has 0 radical (unpaired) electrons. The smallest absolute Gasteiger partial charge is 0.338 e. The number of benzene rings is 3. The molecule has 0 bridgehead atoms. The number of amides is 2. The molecule has 36 heavy (non-hydrogen) atoms. The van der Waals surface area contributed by atoms with E-state index < -0.39 is 18.0 Å². The molecule has 2 amide bonds. The maximum absolute atomic E-state index is 13.3. The number of hydrogen-bond acceptors (Lipinski definition) is 5. The maximum Gasteiger partial charge on any atom is 0.338 e. The minimum atomic E-state index is -0.671. The van der Waals surface area contributed by atoms with E-state index in [1.165, 1.54) is 5.56 Å². The van der Waals surface area contributed by atoms with Crippen LogP contribution in [0, 0.1) is 0 Å². The number of esters is 1. The fraction of sp³-hybridized carbons (Fsp3) is 0.241. The molecule has 2 N–H and O–H groups in total.